The van der Waals surface area contributed by atoms with Crippen LogP contribution in [0.4, 0.5) is 11.9 Å². The van der Waals surface area contributed by atoms with Crippen LogP contribution in [-0.2, 0) is 13.6 Å². The molecule has 3 heterocycles. The van der Waals surface area contributed by atoms with E-state index in [0.717, 1.165) is 0 Å². The van der Waals surface area contributed by atoms with Gasteiger partial charge in [-0.3, -0.25) is 10.1 Å². The van der Waals surface area contributed by atoms with E-state index in [-0.39, 0.29) is 5.95 Å². The van der Waals surface area contributed by atoms with Gasteiger partial charge in [-0.15, -0.1) is 0 Å². The summed E-state index contributed by atoms with van der Waals surface area (Å²) in [5, 5.41) is 11.2. The van der Waals surface area contributed by atoms with Gasteiger partial charge < -0.3 is 5.32 Å². The Kier molecular flexibility index (Phi) is 3.39. The normalized spacial score (nSPS) is 10.6. The zero-order chi connectivity index (χ0) is 14.7. The number of aryl methyl sites for hydroxylation is 1. The summed E-state index contributed by atoms with van der Waals surface area (Å²) in [6.45, 7) is 0.382. The molecule has 21 heavy (non-hydrogen) atoms. The molecule has 3 rings (SSSR count). The van der Waals surface area contributed by atoms with Gasteiger partial charge in [0.25, 0.3) is 5.95 Å². The molecule has 0 radical (unpaired) electrons. The number of aromatic nitrogens is 8. The van der Waals surface area contributed by atoms with E-state index < -0.39 is 0 Å². The highest BCUT2D eigenvalue weighted by molar-refractivity contribution is 5.36. The van der Waals surface area contributed by atoms with Crippen molar-refractivity contribution in [2.24, 2.45) is 12.9 Å². The highest BCUT2D eigenvalue weighted by Gasteiger charge is 2.08. The Balaban J connectivity index is 1.82. The molecule has 4 N–H and O–H groups in total. The molecule has 0 spiro atoms. The molecule has 0 atom stereocenters. The van der Waals surface area contributed by atoms with Gasteiger partial charge in [0.2, 0.25) is 11.9 Å². The van der Waals surface area contributed by atoms with Gasteiger partial charge in [0.05, 0.1) is 6.54 Å². The molecule has 0 unspecified atom stereocenters. The Labute approximate surface area is 119 Å². The Morgan fingerprint density at radius 1 is 1.24 bits per heavy atom. The number of hydrogen-bond acceptors (Lipinski definition) is 9. The van der Waals surface area contributed by atoms with Crippen LogP contribution in [0.1, 0.15) is 5.82 Å². The molecular formula is C10H13N11. The van der Waals surface area contributed by atoms with Crippen LogP contribution in [0.2, 0.25) is 0 Å². The molecule has 0 aliphatic heterocycles. The van der Waals surface area contributed by atoms with Gasteiger partial charge in [-0.25, -0.2) is 15.5 Å². The van der Waals surface area contributed by atoms with E-state index in [1.54, 1.807) is 36.5 Å². The van der Waals surface area contributed by atoms with Crippen LogP contribution in [0.3, 0.4) is 0 Å². The minimum Gasteiger partial charge on any atom is -0.347 e. The quantitative estimate of drug-likeness (QED) is 0.402. The monoisotopic (exact) mass is 287 g/mol. The lowest BCUT2D eigenvalue weighted by atomic mass is 10.6. The zero-order valence-corrected chi connectivity index (χ0v) is 11.2. The molecule has 11 heteroatoms. The second-order valence-corrected chi connectivity index (χ2v) is 4.07. The first-order chi connectivity index (χ1) is 10.2. The minimum atomic E-state index is 0.229. The summed E-state index contributed by atoms with van der Waals surface area (Å²) >= 11 is 0. The van der Waals surface area contributed by atoms with Crippen molar-refractivity contribution in [3.05, 3.63) is 30.6 Å². The number of rotatable bonds is 5. The van der Waals surface area contributed by atoms with E-state index in [4.69, 9.17) is 5.84 Å². The standard InChI is InChI=1S/C10H13N11/c1-20-6-13-7(19-20)5-12-8-15-9(18-11)17-10(16-8)21-4-2-3-14-21/h2-4,6H,5,11H2,1H3,(H2,12,15,16,17,18). The third-order valence-electron chi connectivity index (χ3n) is 2.51. The Morgan fingerprint density at radius 2 is 2.10 bits per heavy atom. The number of nitrogens with one attached hydrogen (secondary N) is 2. The molecule has 0 bridgehead atoms. The lowest BCUT2D eigenvalue weighted by Gasteiger charge is -2.07. The van der Waals surface area contributed by atoms with Gasteiger partial charge in [-0.2, -0.15) is 25.1 Å². The lowest BCUT2D eigenvalue weighted by molar-refractivity contribution is 0.745. The molecule has 108 valence electrons. The average molecular weight is 287 g/mol. The smallest absolute Gasteiger partial charge is 0.257 e. The van der Waals surface area contributed by atoms with Crippen molar-refractivity contribution in [3.8, 4) is 5.95 Å². The minimum absolute atomic E-state index is 0.229. The second-order valence-electron chi connectivity index (χ2n) is 4.07. The first kappa shape index (κ1) is 12.9. The maximum absolute atomic E-state index is 5.36. The maximum atomic E-state index is 5.36. The van der Waals surface area contributed by atoms with Crippen molar-refractivity contribution in [3.63, 3.8) is 0 Å². The number of nitrogens with two attached hydrogens (primary N) is 1. The van der Waals surface area contributed by atoms with E-state index in [1.807, 2.05) is 0 Å². The summed E-state index contributed by atoms with van der Waals surface area (Å²) in [6.07, 6.45) is 4.97. The Hall–Kier alpha value is -3.08. The van der Waals surface area contributed by atoms with E-state index in [0.29, 0.717) is 24.3 Å². The van der Waals surface area contributed by atoms with Crippen molar-refractivity contribution in [2.45, 2.75) is 6.54 Å². The van der Waals surface area contributed by atoms with E-state index in [9.17, 15) is 0 Å². The summed E-state index contributed by atoms with van der Waals surface area (Å²) in [5.41, 5.74) is 2.39. The maximum Gasteiger partial charge on any atom is 0.257 e. The van der Waals surface area contributed by atoms with E-state index in [1.165, 1.54) is 4.68 Å². The third-order valence-corrected chi connectivity index (χ3v) is 2.51. The summed E-state index contributed by atoms with van der Waals surface area (Å²) in [4.78, 5) is 16.6. The number of hydrogen-bond donors (Lipinski definition) is 3. The van der Waals surface area contributed by atoms with Crippen molar-refractivity contribution >= 4 is 11.9 Å². The predicted octanol–water partition coefficient (Wildman–Crippen LogP) is -0.916. The molecular weight excluding hydrogens is 274 g/mol. The predicted molar refractivity (Wildman–Crippen MR) is 73.1 cm³/mol. The number of nitrogens with zero attached hydrogens (tertiary/aromatic N) is 8. The molecule has 0 amide bonds. The van der Waals surface area contributed by atoms with E-state index in [2.05, 4.69) is 40.9 Å². The van der Waals surface area contributed by atoms with Crippen LogP contribution < -0.4 is 16.6 Å². The fourth-order valence-electron chi connectivity index (χ4n) is 1.62. The number of nitrogen functional groups attached to an aromatic ring is 1. The SMILES string of the molecule is Cn1cnc(CNc2nc(NN)nc(-n3cccn3)n2)n1. The highest BCUT2D eigenvalue weighted by atomic mass is 15.4. The summed E-state index contributed by atoms with van der Waals surface area (Å²) < 4.78 is 3.12. The number of anilines is 2. The zero-order valence-electron chi connectivity index (χ0n) is 11.2. The molecule has 11 nitrogen and oxygen atoms in total. The van der Waals surface area contributed by atoms with Crippen molar-refractivity contribution in [1.82, 2.24) is 39.5 Å². The van der Waals surface area contributed by atoms with Gasteiger partial charge in [0.1, 0.15) is 6.33 Å². The van der Waals surface area contributed by atoms with Gasteiger partial charge in [0.15, 0.2) is 5.82 Å². The fourth-order valence-corrected chi connectivity index (χ4v) is 1.62. The van der Waals surface area contributed by atoms with Crippen molar-refractivity contribution in [2.75, 3.05) is 10.7 Å². The number of hydrazine groups is 1. The molecule has 3 aromatic heterocycles. The molecule has 0 aliphatic carbocycles. The molecule has 0 fully saturated rings. The Bertz CT molecular complexity index is 716. The van der Waals surface area contributed by atoms with Gasteiger partial charge in [0, 0.05) is 19.4 Å². The van der Waals surface area contributed by atoms with Gasteiger partial charge >= 0.3 is 0 Å². The first-order valence-corrected chi connectivity index (χ1v) is 6.05. The van der Waals surface area contributed by atoms with Crippen LogP contribution in [0.15, 0.2) is 24.8 Å². The van der Waals surface area contributed by atoms with E-state index >= 15 is 0 Å². The molecule has 3 aromatic rings. The average Bonchev–Trinajstić information content (AvgIpc) is 3.16. The van der Waals surface area contributed by atoms with Crippen LogP contribution in [0, 0.1) is 0 Å². The van der Waals surface area contributed by atoms with Gasteiger partial charge in [-0.1, -0.05) is 0 Å². The van der Waals surface area contributed by atoms with Crippen LogP contribution in [0.25, 0.3) is 5.95 Å². The second kappa shape index (κ2) is 5.50. The Morgan fingerprint density at radius 3 is 2.76 bits per heavy atom. The lowest BCUT2D eigenvalue weighted by Crippen LogP contribution is -2.16. The topological polar surface area (TPSA) is 137 Å². The van der Waals surface area contributed by atoms with Crippen LogP contribution >= 0.6 is 0 Å². The van der Waals surface area contributed by atoms with Crippen LogP contribution in [0.5, 0.6) is 0 Å². The molecule has 0 saturated carbocycles. The fraction of sp³-hybridized carbons (Fsp3) is 0.200. The van der Waals surface area contributed by atoms with Crippen molar-refractivity contribution in [1.29, 1.82) is 0 Å². The first-order valence-electron chi connectivity index (χ1n) is 6.05. The molecule has 0 aromatic carbocycles. The highest BCUT2D eigenvalue weighted by Crippen LogP contribution is 2.08. The largest absolute Gasteiger partial charge is 0.347 e. The van der Waals surface area contributed by atoms with Gasteiger partial charge in [-0.05, 0) is 6.07 Å². The molecule has 0 aliphatic rings. The van der Waals surface area contributed by atoms with Crippen molar-refractivity contribution < 1.29 is 0 Å². The summed E-state index contributed by atoms with van der Waals surface area (Å²) in [5.74, 6) is 6.91. The summed E-state index contributed by atoms with van der Waals surface area (Å²) in [7, 11) is 1.80. The molecule has 0 saturated heterocycles. The summed E-state index contributed by atoms with van der Waals surface area (Å²) in [6, 6.07) is 1.77. The van der Waals surface area contributed by atoms with Crippen LogP contribution in [-0.4, -0.2) is 39.5 Å². The third kappa shape index (κ3) is 2.92.